The zero-order chi connectivity index (χ0) is 11.0. The van der Waals surface area contributed by atoms with Gasteiger partial charge in [-0.05, 0) is 51.5 Å². The van der Waals surface area contributed by atoms with Crippen LogP contribution in [0.3, 0.4) is 0 Å². The van der Waals surface area contributed by atoms with Gasteiger partial charge >= 0.3 is 0 Å². The molecule has 0 unspecified atom stereocenters. The molecule has 0 saturated carbocycles. The zero-order valence-corrected chi connectivity index (χ0v) is 9.62. The molecule has 15 heavy (non-hydrogen) atoms. The van der Waals surface area contributed by atoms with Crippen molar-refractivity contribution in [2.24, 2.45) is 5.73 Å². The van der Waals surface area contributed by atoms with E-state index in [1.165, 1.54) is 30.5 Å². The van der Waals surface area contributed by atoms with Gasteiger partial charge in [0, 0.05) is 11.7 Å². The average Bonchev–Trinajstić information content (AvgIpc) is 2.52. The molecule has 1 aliphatic carbocycles. The van der Waals surface area contributed by atoms with E-state index in [1.54, 1.807) is 6.92 Å². The molecule has 0 aromatic carbocycles. The molecule has 0 aromatic heterocycles. The molecule has 1 heterocycles. The number of rotatable bonds is 1. The lowest BCUT2D eigenvalue weighted by atomic mass is 9.96. The van der Waals surface area contributed by atoms with Gasteiger partial charge in [-0.1, -0.05) is 0 Å². The average molecular weight is 208 g/mol. The predicted octanol–water partition coefficient (Wildman–Crippen LogP) is 1.78. The molecule has 1 aliphatic heterocycles. The van der Waals surface area contributed by atoms with Crippen LogP contribution in [0.5, 0.6) is 0 Å². The molecular weight excluding hydrogens is 188 g/mol. The van der Waals surface area contributed by atoms with E-state index in [1.807, 2.05) is 4.90 Å². The van der Waals surface area contributed by atoms with E-state index in [0.29, 0.717) is 6.04 Å². The second kappa shape index (κ2) is 3.97. The largest absolute Gasteiger partial charge is 0.320 e. The van der Waals surface area contributed by atoms with Crippen molar-refractivity contribution in [2.45, 2.75) is 58.0 Å². The molecule has 0 spiro atoms. The van der Waals surface area contributed by atoms with Gasteiger partial charge in [-0.25, -0.2) is 0 Å². The lowest BCUT2D eigenvalue weighted by molar-refractivity contribution is -0.131. The van der Waals surface area contributed by atoms with Gasteiger partial charge in [-0.3, -0.25) is 4.79 Å². The van der Waals surface area contributed by atoms with E-state index in [-0.39, 0.29) is 11.9 Å². The number of carbonyl (C=O) groups is 1. The summed E-state index contributed by atoms with van der Waals surface area (Å²) >= 11 is 0. The van der Waals surface area contributed by atoms with Crippen LogP contribution in [-0.2, 0) is 4.79 Å². The van der Waals surface area contributed by atoms with Crippen molar-refractivity contribution < 1.29 is 4.79 Å². The molecule has 84 valence electrons. The van der Waals surface area contributed by atoms with Gasteiger partial charge in [0.25, 0.3) is 0 Å². The van der Waals surface area contributed by atoms with Gasteiger partial charge in [0.15, 0.2) is 0 Å². The highest BCUT2D eigenvalue weighted by atomic mass is 16.2. The third-order valence-corrected chi connectivity index (χ3v) is 3.45. The van der Waals surface area contributed by atoms with Crippen LogP contribution in [0.25, 0.3) is 0 Å². The fraction of sp³-hybridized carbons (Fsp3) is 0.750. The van der Waals surface area contributed by atoms with E-state index in [9.17, 15) is 4.79 Å². The maximum atomic E-state index is 12.0. The van der Waals surface area contributed by atoms with E-state index < -0.39 is 0 Å². The molecule has 0 aromatic rings. The van der Waals surface area contributed by atoms with Gasteiger partial charge in [-0.2, -0.15) is 0 Å². The Morgan fingerprint density at radius 3 is 2.80 bits per heavy atom. The van der Waals surface area contributed by atoms with Gasteiger partial charge in [0.2, 0.25) is 5.91 Å². The van der Waals surface area contributed by atoms with E-state index in [2.05, 4.69) is 6.92 Å². The predicted molar refractivity (Wildman–Crippen MR) is 60.1 cm³/mol. The van der Waals surface area contributed by atoms with Crippen LogP contribution in [0.15, 0.2) is 11.3 Å². The maximum absolute atomic E-state index is 12.0. The third kappa shape index (κ3) is 1.81. The van der Waals surface area contributed by atoms with Crippen molar-refractivity contribution >= 4 is 5.91 Å². The van der Waals surface area contributed by atoms with Crippen molar-refractivity contribution in [3.8, 4) is 0 Å². The SMILES string of the molecule is C[C@H](N)C(=O)N1C2=C(CCCC2)C[C@H]1C. The molecule has 2 N–H and O–H groups in total. The summed E-state index contributed by atoms with van der Waals surface area (Å²) < 4.78 is 0. The van der Waals surface area contributed by atoms with Crippen molar-refractivity contribution in [1.82, 2.24) is 4.90 Å². The van der Waals surface area contributed by atoms with Crippen molar-refractivity contribution in [1.29, 1.82) is 0 Å². The first-order valence-corrected chi connectivity index (χ1v) is 5.91. The Morgan fingerprint density at radius 2 is 2.13 bits per heavy atom. The number of nitrogens with zero attached hydrogens (tertiary/aromatic N) is 1. The summed E-state index contributed by atoms with van der Waals surface area (Å²) in [7, 11) is 0. The van der Waals surface area contributed by atoms with Crippen LogP contribution in [0.4, 0.5) is 0 Å². The quantitative estimate of drug-likeness (QED) is 0.714. The second-order valence-corrected chi connectivity index (χ2v) is 4.81. The first kappa shape index (κ1) is 10.7. The highest BCUT2D eigenvalue weighted by molar-refractivity contribution is 5.84. The Morgan fingerprint density at radius 1 is 1.47 bits per heavy atom. The lowest BCUT2D eigenvalue weighted by Gasteiger charge is -2.28. The van der Waals surface area contributed by atoms with E-state index >= 15 is 0 Å². The normalized spacial score (nSPS) is 27.9. The maximum Gasteiger partial charge on any atom is 0.243 e. The fourth-order valence-corrected chi connectivity index (χ4v) is 2.75. The van der Waals surface area contributed by atoms with Gasteiger partial charge in [-0.15, -0.1) is 0 Å². The standard InChI is InChI=1S/C12H20N2O/c1-8-7-10-5-3-4-6-11(10)14(8)12(15)9(2)13/h8-9H,3-7,13H2,1-2H3/t8-,9+/m1/s1. The summed E-state index contributed by atoms with van der Waals surface area (Å²) in [5.74, 6) is 0.0920. The minimum atomic E-state index is -0.374. The summed E-state index contributed by atoms with van der Waals surface area (Å²) in [4.78, 5) is 13.9. The van der Waals surface area contributed by atoms with Crippen molar-refractivity contribution in [2.75, 3.05) is 0 Å². The minimum absolute atomic E-state index is 0.0920. The molecule has 2 aliphatic rings. The van der Waals surface area contributed by atoms with Crippen LogP contribution in [-0.4, -0.2) is 22.9 Å². The Kier molecular flexibility index (Phi) is 2.83. The smallest absolute Gasteiger partial charge is 0.243 e. The Hall–Kier alpha value is -0.830. The zero-order valence-electron chi connectivity index (χ0n) is 9.62. The van der Waals surface area contributed by atoms with Crippen molar-refractivity contribution in [3.05, 3.63) is 11.3 Å². The van der Waals surface area contributed by atoms with Crippen LogP contribution in [0.1, 0.15) is 46.0 Å². The number of hydrogen-bond donors (Lipinski definition) is 1. The minimum Gasteiger partial charge on any atom is -0.320 e. The number of amides is 1. The summed E-state index contributed by atoms with van der Waals surface area (Å²) in [5.41, 5.74) is 8.48. The first-order valence-electron chi connectivity index (χ1n) is 5.91. The Labute approximate surface area is 91.3 Å². The third-order valence-electron chi connectivity index (χ3n) is 3.45. The summed E-state index contributed by atoms with van der Waals surface area (Å²) in [6, 6.07) is -0.0483. The van der Waals surface area contributed by atoms with Crippen LogP contribution in [0, 0.1) is 0 Å². The van der Waals surface area contributed by atoms with Gasteiger partial charge < -0.3 is 10.6 Å². The van der Waals surface area contributed by atoms with E-state index in [4.69, 9.17) is 5.73 Å². The highest BCUT2D eigenvalue weighted by Crippen LogP contribution is 2.38. The Balaban J connectivity index is 2.23. The monoisotopic (exact) mass is 208 g/mol. The van der Waals surface area contributed by atoms with Crippen LogP contribution >= 0.6 is 0 Å². The molecule has 2 rings (SSSR count). The number of hydrogen-bond acceptors (Lipinski definition) is 2. The summed E-state index contributed by atoms with van der Waals surface area (Å²) in [5, 5.41) is 0. The molecule has 3 nitrogen and oxygen atoms in total. The molecular formula is C12H20N2O. The summed E-state index contributed by atoms with van der Waals surface area (Å²) in [6.07, 6.45) is 5.81. The molecule has 1 amide bonds. The molecule has 0 bridgehead atoms. The Bertz CT molecular complexity index is 307. The first-order chi connectivity index (χ1) is 7.11. The second-order valence-electron chi connectivity index (χ2n) is 4.81. The fourth-order valence-electron chi connectivity index (χ4n) is 2.75. The molecule has 2 atom stereocenters. The number of carbonyl (C=O) groups excluding carboxylic acids is 1. The summed E-state index contributed by atoms with van der Waals surface area (Å²) in [6.45, 7) is 3.90. The molecule has 0 fully saturated rings. The van der Waals surface area contributed by atoms with Crippen LogP contribution in [0.2, 0.25) is 0 Å². The van der Waals surface area contributed by atoms with Crippen molar-refractivity contribution in [3.63, 3.8) is 0 Å². The number of nitrogens with two attached hydrogens (primary N) is 1. The molecule has 0 saturated heterocycles. The van der Waals surface area contributed by atoms with Gasteiger partial charge in [0.1, 0.15) is 0 Å². The number of allylic oxidation sites excluding steroid dienone is 1. The highest BCUT2D eigenvalue weighted by Gasteiger charge is 2.34. The molecule has 0 radical (unpaired) electrons. The van der Waals surface area contributed by atoms with E-state index in [0.717, 1.165) is 12.8 Å². The van der Waals surface area contributed by atoms with Crippen LogP contribution < -0.4 is 5.73 Å². The van der Waals surface area contributed by atoms with Gasteiger partial charge in [0.05, 0.1) is 6.04 Å². The topological polar surface area (TPSA) is 46.3 Å². The lowest BCUT2D eigenvalue weighted by Crippen LogP contribution is -2.43. The molecule has 3 heteroatoms.